The molecule has 3 aromatic carbocycles. The highest BCUT2D eigenvalue weighted by Gasteiger charge is 2.33. The highest BCUT2D eigenvalue weighted by atomic mass is 79.9. The van der Waals surface area contributed by atoms with Gasteiger partial charge in [0.2, 0.25) is 0 Å². The fraction of sp³-hybridized carbons (Fsp3) is 0.219. The van der Waals surface area contributed by atoms with E-state index in [1.165, 1.54) is 16.9 Å². The summed E-state index contributed by atoms with van der Waals surface area (Å²) in [7, 11) is 0. The van der Waals surface area contributed by atoms with Gasteiger partial charge < -0.3 is 9.47 Å². The number of thiazole rings is 1. The van der Waals surface area contributed by atoms with Gasteiger partial charge in [0, 0.05) is 0 Å². The maximum atomic E-state index is 13.9. The number of ether oxygens (including phenoxy) is 2. The number of allylic oxidation sites excluding steroid dienone is 1. The van der Waals surface area contributed by atoms with Crippen molar-refractivity contribution in [1.29, 1.82) is 0 Å². The molecule has 0 saturated heterocycles. The first-order chi connectivity index (χ1) is 19.7. The van der Waals surface area contributed by atoms with Crippen LogP contribution >= 0.6 is 43.2 Å². The van der Waals surface area contributed by atoms with Crippen molar-refractivity contribution in [2.75, 3.05) is 6.61 Å². The molecule has 0 amide bonds. The SMILES string of the molecule is CCOC(=O)C1=C(C)N=c2s/c(=C/c3cc(Br)c(OCc4ccc(C)cc4)c(Br)c3)c(=O)n2[C@H]1c1ccc(C)cc1. The Hall–Kier alpha value is -3.27. The van der Waals surface area contributed by atoms with E-state index in [0.29, 0.717) is 33.0 Å². The number of fused-ring (bicyclic) bond motifs is 1. The van der Waals surface area contributed by atoms with Gasteiger partial charge in [-0.1, -0.05) is 71.0 Å². The quantitative estimate of drug-likeness (QED) is 0.207. The topological polar surface area (TPSA) is 69.9 Å². The lowest BCUT2D eigenvalue weighted by Crippen LogP contribution is -2.39. The number of esters is 1. The Bertz CT molecular complexity index is 1820. The number of benzene rings is 3. The van der Waals surface area contributed by atoms with E-state index in [-0.39, 0.29) is 12.2 Å². The van der Waals surface area contributed by atoms with E-state index < -0.39 is 12.0 Å². The molecule has 0 radical (unpaired) electrons. The van der Waals surface area contributed by atoms with E-state index in [2.05, 4.69) is 55.9 Å². The van der Waals surface area contributed by atoms with Gasteiger partial charge in [0.1, 0.15) is 12.4 Å². The average Bonchev–Trinajstić information content (AvgIpc) is 3.23. The molecule has 210 valence electrons. The second-order valence-corrected chi connectivity index (χ2v) is 12.5. The zero-order valence-corrected chi connectivity index (χ0v) is 27.0. The van der Waals surface area contributed by atoms with Crippen LogP contribution in [0, 0.1) is 13.8 Å². The highest BCUT2D eigenvalue weighted by Crippen LogP contribution is 2.36. The van der Waals surface area contributed by atoms with Gasteiger partial charge >= 0.3 is 5.97 Å². The van der Waals surface area contributed by atoms with Crippen LogP contribution in [0.3, 0.4) is 0 Å². The fourth-order valence-corrected chi connectivity index (χ4v) is 7.14. The van der Waals surface area contributed by atoms with E-state index in [9.17, 15) is 9.59 Å². The van der Waals surface area contributed by atoms with Crippen molar-refractivity contribution in [3.05, 3.63) is 128 Å². The number of carbonyl (C=O) groups excluding carboxylic acids is 1. The molecule has 9 heteroatoms. The molecule has 41 heavy (non-hydrogen) atoms. The van der Waals surface area contributed by atoms with Gasteiger partial charge in [-0.05, 0) is 94.5 Å². The molecule has 1 aliphatic heterocycles. The number of halogens is 2. The molecular weight excluding hydrogens is 668 g/mol. The molecule has 0 saturated carbocycles. The van der Waals surface area contributed by atoms with Gasteiger partial charge in [0.05, 0.1) is 37.4 Å². The minimum absolute atomic E-state index is 0.222. The third kappa shape index (κ3) is 6.17. The van der Waals surface area contributed by atoms with Gasteiger partial charge in [0.25, 0.3) is 5.56 Å². The van der Waals surface area contributed by atoms with Crippen molar-refractivity contribution >= 4 is 55.2 Å². The zero-order valence-electron chi connectivity index (χ0n) is 23.0. The summed E-state index contributed by atoms with van der Waals surface area (Å²) in [5.74, 6) is 0.209. The minimum atomic E-state index is -0.635. The summed E-state index contributed by atoms with van der Waals surface area (Å²) in [5.41, 5.74) is 5.68. The van der Waals surface area contributed by atoms with E-state index in [1.807, 2.05) is 61.5 Å². The van der Waals surface area contributed by atoms with Gasteiger partial charge in [-0.3, -0.25) is 9.36 Å². The van der Waals surface area contributed by atoms with Crippen molar-refractivity contribution in [2.24, 2.45) is 4.99 Å². The Kier molecular flexibility index (Phi) is 8.77. The first-order valence-electron chi connectivity index (χ1n) is 13.1. The molecule has 0 N–H and O–H groups in total. The largest absolute Gasteiger partial charge is 0.487 e. The zero-order chi connectivity index (χ0) is 29.3. The predicted octanol–water partition coefficient (Wildman–Crippen LogP) is 6.52. The lowest BCUT2D eigenvalue weighted by Gasteiger charge is -2.24. The molecule has 1 aromatic heterocycles. The van der Waals surface area contributed by atoms with Crippen LogP contribution in [-0.4, -0.2) is 17.1 Å². The molecule has 4 aromatic rings. The van der Waals surface area contributed by atoms with Crippen LogP contribution in [0.5, 0.6) is 5.75 Å². The Balaban J connectivity index is 1.54. The predicted molar refractivity (Wildman–Crippen MR) is 169 cm³/mol. The third-order valence-corrected chi connectivity index (χ3v) is 8.89. The molecule has 0 aliphatic carbocycles. The van der Waals surface area contributed by atoms with Crippen LogP contribution in [-0.2, 0) is 16.1 Å². The molecule has 1 aliphatic rings. The molecule has 0 spiro atoms. The summed E-state index contributed by atoms with van der Waals surface area (Å²) in [6.45, 7) is 8.26. The van der Waals surface area contributed by atoms with Gasteiger partial charge in [-0.2, -0.15) is 0 Å². The van der Waals surface area contributed by atoms with Crippen LogP contribution in [0.4, 0.5) is 0 Å². The maximum Gasteiger partial charge on any atom is 0.338 e. The standard InChI is InChI=1S/C32H28Br2N2O4S/c1-5-39-31(38)27-20(4)35-32-36(28(27)23-12-8-19(3)9-13-23)30(37)26(41-32)16-22-14-24(33)29(25(34)15-22)40-17-21-10-6-18(2)7-11-21/h6-16,28H,5,17H2,1-4H3/b26-16+/t28-/m0/s1. The van der Waals surface area contributed by atoms with Crippen LogP contribution in [0.25, 0.3) is 6.08 Å². The molecule has 5 rings (SSSR count). The van der Waals surface area contributed by atoms with E-state index in [4.69, 9.17) is 9.47 Å². The number of aromatic nitrogens is 1. The van der Waals surface area contributed by atoms with Gasteiger partial charge in [-0.25, -0.2) is 9.79 Å². The average molecular weight is 696 g/mol. The first-order valence-corrected chi connectivity index (χ1v) is 15.5. The Labute approximate surface area is 258 Å². The van der Waals surface area contributed by atoms with Crippen LogP contribution in [0.15, 0.2) is 90.7 Å². The second kappa shape index (κ2) is 12.3. The summed E-state index contributed by atoms with van der Waals surface area (Å²) in [6.07, 6.45) is 1.83. The number of carbonyl (C=O) groups is 1. The molecule has 0 bridgehead atoms. The summed E-state index contributed by atoms with van der Waals surface area (Å²) in [4.78, 5) is 32.1. The van der Waals surface area contributed by atoms with Gasteiger partial charge in [-0.15, -0.1) is 0 Å². The molecule has 0 unspecified atom stereocenters. The fourth-order valence-electron chi connectivity index (χ4n) is 4.65. The molecular formula is C32H28Br2N2O4S. The van der Waals surface area contributed by atoms with Gasteiger partial charge in [0.15, 0.2) is 4.80 Å². The molecule has 2 heterocycles. The number of aryl methyl sites for hydroxylation is 2. The number of rotatable bonds is 7. The minimum Gasteiger partial charge on any atom is -0.487 e. The second-order valence-electron chi connectivity index (χ2n) is 9.80. The normalized spacial score (nSPS) is 15.0. The summed E-state index contributed by atoms with van der Waals surface area (Å²) >= 11 is 8.56. The maximum absolute atomic E-state index is 13.9. The van der Waals surface area contributed by atoms with Crippen molar-refractivity contribution in [3.8, 4) is 5.75 Å². The van der Waals surface area contributed by atoms with Crippen LogP contribution < -0.4 is 19.6 Å². The third-order valence-electron chi connectivity index (χ3n) is 6.73. The van der Waals surface area contributed by atoms with Crippen LogP contribution in [0.2, 0.25) is 0 Å². The lowest BCUT2D eigenvalue weighted by molar-refractivity contribution is -0.139. The summed E-state index contributed by atoms with van der Waals surface area (Å²) in [6, 6.07) is 19.2. The molecule has 6 nitrogen and oxygen atoms in total. The first kappa shape index (κ1) is 29.2. The van der Waals surface area contributed by atoms with Crippen molar-refractivity contribution in [1.82, 2.24) is 4.57 Å². The molecule has 0 fully saturated rings. The van der Waals surface area contributed by atoms with Crippen molar-refractivity contribution < 1.29 is 14.3 Å². The lowest BCUT2D eigenvalue weighted by atomic mass is 9.95. The number of nitrogens with zero attached hydrogens (tertiary/aromatic N) is 2. The highest BCUT2D eigenvalue weighted by molar-refractivity contribution is 9.11. The monoisotopic (exact) mass is 694 g/mol. The van der Waals surface area contributed by atoms with Crippen LogP contribution in [0.1, 0.15) is 47.7 Å². The van der Waals surface area contributed by atoms with Crippen molar-refractivity contribution in [3.63, 3.8) is 0 Å². The summed E-state index contributed by atoms with van der Waals surface area (Å²) in [5, 5.41) is 0. The summed E-state index contributed by atoms with van der Waals surface area (Å²) < 4.78 is 15.1. The smallest absolute Gasteiger partial charge is 0.338 e. The Morgan fingerprint density at radius 2 is 1.61 bits per heavy atom. The Morgan fingerprint density at radius 1 is 1.00 bits per heavy atom. The van der Waals surface area contributed by atoms with Crippen molar-refractivity contribution in [2.45, 2.75) is 40.3 Å². The van der Waals surface area contributed by atoms with E-state index in [0.717, 1.165) is 31.2 Å². The number of hydrogen-bond acceptors (Lipinski definition) is 6. The van der Waals surface area contributed by atoms with E-state index in [1.54, 1.807) is 18.4 Å². The number of hydrogen-bond donors (Lipinski definition) is 0. The van der Waals surface area contributed by atoms with E-state index >= 15 is 0 Å². The Morgan fingerprint density at radius 3 is 2.22 bits per heavy atom. The molecule has 1 atom stereocenters.